The Hall–Kier alpha value is -7.96. The van der Waals surface area contributed by atoms with Crippen LogP contribution < -0.4 is 54.4 Å². The zero-order valence-electron chi connectivity index (χ0n) is 46.1. The lowest BCUT2D eigenvalue weighted by molar-refractivity contribution is -0.142. The largest absolute Gasteiger partial charge is 0.480 e. The van der Waals surface area contributed by atoms with E-state index in [0.717, 1.165) is 10.9 Å². The molecule has 0 fully saturated rings. The van der Waals surface area contributed by atoms with Crippen LogP contribution in [0, 0.1) is 11.8 Å². The van der Waals surface area contributed by atoms with Gasteiger partial charge in [-0.15, -0.1) is 0 Å². The number of aromatic amines is 3. The fourth-order valence-electron chi connectivity index (χ4n) is 9.15. The number of carboxylic acid groups (broad SMARTS) is 1. The number of nitrogens with zero attached hydrogens (tertiary/aromatic N) is 2. The minimum absolute atomic E-state index is 0.0216. The van der Waals surface area contributed by atoms with Crippen molar-refractivity contribution in [1.29, 1.82) is 0 Å². The van der Waals surface area contributed by atoms with Crippen LogP contribution in [0.25, 0.3) is 10.9 Å². The van der Waals surface area contributed by atoms with Gasteiger partial charge in [0.1, 0.15) is 42.3 Å². The van der Waals surface area contributed by atoms with E-state index in [2.05, 4.69) is 62.1 Å². The number of carbonyl (C=O) groups excluding carboxylic acids is 7. The van der Waals surface area contributed by atoms with Crippen molar-refractivity contribution < 1.29 is 43.5 Å². The Morgan fingerprint density at radius 1 is 0.500 bits per heavy atom. The highest BCUT2D eigenvalue weighted by Gasteiger charge is 2.36. The highest BCUT2D eigenvalue weighted by molar-refractivity contribution is 5.98. The number of nitrogens with one attached hydrogen (secondary N) is 10. The number of aromatic nitrogens is 5. The molecule has 0 aliphatic carbocycles. The van der Waals surface area contributed by atoms with Gasteiger partial charge < -0.3 is 74.5 Å². The molecule has 8 atom stereocenters. The second kappa shape index (κ2) is 32.2. The average Bonchev–Trinajstić information content (AvgIpc) is 4.23. The van der Waals surface area contributed by atoms with E-state index in [1.807, 2.05) is 52.0 Å². The van der Waals surface area contributed by atoms with E-state index in [-0.39, 0.29) is 56.8 Å². The molecule has 24 heteroatoms. The van der Waals surface area contributed by atoms with Crippen molar-refractivity contribution in [3.05, 3.63) is 108 Å². The number of para-hydroxylation sites is 1. The third-order valence-electron chi connectivity index (χ3n) is 13.4. The number of amides is 7. The predicted octanol–water partition coefficient (Wildman–Crippen LogP) is 1.04. The highest BCUT2D eigenvalue weighted by atomic mass is 16.4. The molecule has 80 heavy (non-hydrogen) atoms. The SMILES string of the molecule is CC(C)C[C@@H](NC(=O)[C@H](Cc1c[nH]c2ccccc12)NC(=O)[C@@H](CC(C)C)NC(=O)[C@H](Cc1ccccc1)NC(=O)[C@@H](Cc1cnc[nH]1)NC(=O)[C@H](CCCCN)NC(=O)[C@@H](Cc1cnc[nH]1)NC(=O)[C@@H](N)CCCCN)C(=O)O. The summed E-state index contributed by atoms with van der Waals surface area (Å²) < 4.78 is 0. The summed E-state index contributed by atoms with van der Waals surface area (Å²) in [6.07, 6.45) is 10.1. The number of hydrogen-bond acceptors (Lipinski definition) is 13. The van der Waals surface area contributed by atoms with E-state index in [9.17, 15) is 43.5 Å². The van der Waals surface area contributed by atoms with Gasteiger partial charge in [-0.25, -0.2) is 14.8 Å². The molecule has 0 saturated heterocycles. The van der Waals surface area contributed by atoms with E-state index in [1.165, 1.54) is 25.0 Å². The first kappa shape index (κ1) is 62.9. The Labute approximate surface area is 465 Å². The van der Waals surface area contributed by atoms with Gasteiger partial charge >= 0.3 is 5.97 Å². The van der Waals surface area contributed by atoms with Crippen molar-refractivity contribution >= 4 is 58.2 Å². The summed E-state index contributed by atoms with van der Waals surface area (Å²) in [5.41, 5.74) is 20.7. The molecule has 0 saturated carbocycles. The molecule has 17 N–H and O–H groups in total. The van der Waals surface area contributed by atoms with Crippen molar-refractivity contribution in [1.82, 2.24) is 62.1 Å². The number of H-pyrrole nitrogens is 3. The molecular formula is C56H81N15O9. The molecule has 0 bridgehead atoms. The highest BCUT2D eigenvalue weighted by Crippen LogP contribution is 2.20. The molecule has 3 aromatic heterocycles. The molecule has 0 unspecified atom stereocenters. The minimum atomic E-state index is -1.38. The topological polar surface area (TPSA) is 392 Å². The number of benzene rings is 2. The third kappa shape index (κ3) is 20.4. The lowest BCUT2D eigenvalue weighted by Crippen LogP contribution is -2.61. The summed E-state index contributed by atoms with van der Waals surface area (Å²) in [4.78, 5) is 130. The molecule has 434 valence electrons. The van der Waals surface area contributed by atoms with Crippen molar-refractivity contribution in [3.63, 3.8) is 0 Å². The van der Waals surface area contributed by atoms with Crippen LogP contribution in [0.1, 0.15) is 102 Å². The summed E-state index contributed by atoms with van der Waals surface area (Å²) in [5, 5.41) is 30.2. The third-order valence-corrected chi connectivity index (χ3v) is 13.4. The number of imidazole rings is 2. The number of rotatable bonds is 35. The Balaban J connectivity index is 1.41. The first-order valence-electron chi connectivity index (χ1n) is 27.4. The fourth-order valence-corrected chi connectivity index (χ4v) is 9.15. The number of nitrogens with two attached hydrogens (primary N) is 3. The van der Waals surface area contributed by atoms with E-state index in [1.54, 1.807) is 36.5 Å². The zero-order chi connectivity index (χ0) is 58.1. The first-order chi connectivity index (χ1) is 38.3. The average molecular weight is 1110 g/mol. The summed E-state index contributed by atoms with van der Waals surface area (Å²) in [6.45, 7) is 8.08. The van der Waals surface area contributed by atoms with Crippen LogP contribution in [-0.4, -0.2) is 139 Å². The molecular weight excluding hydrogens is 1030 g/mol. The van der Waals surface area contributed by atoms with Gasteiger partial charge in [-0.1, -0.05) is 82.6 Å². The van der Waals surface area contributed by atoms with Gasteiger partial charge in [0.15, 0.2) is 0 Å². The van der Waals surface area contributed by atoms with Crippen LogP contribution in [0.5, 0.6) is 0 Å². The zero-order valence-corrected chi connectivity index (χ0v) is 46.1. The number of fused-ring (bicyclic) bond motifs is 1. The van der Waals surface area contributed by atoms with Crippen LogP contribution in [0.15, 0.2) is 85.8 Å². The van der Waals surface area contributed by atoms with Crippen LogP contribution in [0.3, 0.4) is 0 Å². The molecule has 2 aromatic carbocycles. The number of carbonyl (C=O) groups is 8. The number of unbranched alkanes of at least 4 members (excludes halogenated alkanes) is 2. The van der Waals surface area contributed by atoms with Gasteiger partial charge in [0.2, 0.25) is 41.4 Å². The molecule has 0 spiro atoms. The number of carboxylic acids is 1. The van der Waals surface area contributed by atoms with Crippen LogP contribution in [0.4, 0.5) is 0 Å². The van der Waals surface area contributed by atoms with E-state index in [4.69, 9.17) is 17.2 Å². The van der Waals surface area contributed by atoms with Gasteiger partial charge in [0, 0.05) is 66.6 Å². The van der Waals surface area contributed by atoms with Crippen LogP contribution >= 0.6 is 0 Å². The first-order valence-corrected chi connectivity index (χ1v) is 27.4. The van der Waals surface area contributed by atoms with Crippen LogP contribution in [-0.2, 0) is 64.0 Å². The maximum Gasteiger partial charge on any atom is 0.326 e. The maximum absolute atomic E-state index is 14.8. The van der Waals surface area contributed by atoms with Crippen LogP contribution in [0.2, 0.25) is 0 Å². The second-order valence-corrected chi connectivity index (χ2v) is 21.0. The lowest BCUT2D eigenvalue weighted by atomic mass is 9.99. The Morgan fingerprint density at radius 2 is 0.938 bits per heavy atom. The standard InChI is InChI=1S/C56H81N15O9/c1-33(2)22-43(51(74)69-45(53(76)71-48(56(79)80)23-34(3)4)25-36-28-62-41-18-9-8-16-39(36)41)67-52(75)44(24-35-14-6-5-7-15-35)68-55(78)47(27-38-30-61-32-64-38)70-50(73)42(19-11-13-21-58)65-54(77)46(26-37-29-60-31-63-37)66-49(72)40(59)17-10-12-20-57/h5-9,14-16,18,28-34,40,42-48,62H,10-13,17,19-27,57-59H2,1-4H3,(H,60,63)(H,61,64)(H,65,77)(H,66,72)(H,67,75)(H,68,78)(H,69,74)(H,70,73)(H,71,76)(H,79,80)/t40-,42-,43+,44-,45-,46+,47+,48+/m0/s1. The van der Waals surface area contributed by atoms with Gasteiger partial charge in [0.25, 0.3) is 0 Å². The monoisotopic (exact) mass is 1110 g/mol. The van der Waals surface area contributed by atoms with Gasteiger partial charge in [-0.05, 0) is 87.1 Å². The van der Waals surface area contributed by atoms with Gasteiger partial charge in [0.05, 0.1) is 18.7 Å². The fraction of sp³-hybridized carbons (Fsp3) is 0.500. The maximum atomic E-state index is 14.8. The summed E-state index contributed by atoms with van der Waals surface area (Å²) in [6, 6.07) is 6.37. The summed E-state index contributed by atoms with van der Waals surface area (Å²) in [5.74, 6) is -6.53. The molecule has 5 aromatic rings. The Kier molecular flexibility index (Phi) is 25.3. The van der Waals surface area contributed by atoms with Gasteiger partial charge in [-0.2, -0.15) is 0 Å². The summed E-state index contributed by atoms with van der Waals surface area (Å²) in [7, 11) is 0. The van der Waals surface area contributed by atoms with Crippen molar-refractivity contribution in [2.24, 2.45) is 29.0 Å². The van der Waals surface area contributed by atoms with Crippen molar-refractivity contribution in [2.45, 2.75) is 153 Å². The van der Waals surface area contributed by atoms with Crippen molar-refractivity contribution in [3.8, 4) is 0 Å². The molecule has 3 heterocycles. The van der Waals surface area contributed by atoms with Crippen molar-refractivity contribution in [2.75, 3.05) is 13.1 Å². The molecule has 0 aliphatic rings. The quantitative estimate of drug-likeness (QED) is 0.0252. The van der Waals surface area contributed by atoms with Gasteiger partial charge in [-0.3, -0.25) is 33.6 Å². The molecule has 0 radical (unpaired) electrons. The van der Waals surface area contributed by atoms with E-state index in [0.29, 0.717) is 67.7 Å². The Bertz CT molecular complexity index is 2750. The molecule has 5 rings (SSSR count). The van der Waals surface area contributed by atoms with E-state index < -0.39 is 95.7 Å². The number of hydrogen-bond donors (Lipinski definition) is 14. The summed E-state index contributed by atoms with van der Waals surface area (Å²) >= 11 is 0. The predicted molar refractivity (Wildman–Crippen MR) is 301 cm³/mol. The normalized spacial score (nSPS) is 14.4. The minimum Gasteiger partial charge on any atom is -0.480 e. The van der Waals surface area contributed by atoms with E-state index >= 15 is 0 Å². The molecule has 7 amide bonds. The number of aliphatic carboxylic acids is 1. The smallest absolute Gasteiger partial charge is 0.326 e. The molecule has 24 nitrogen and oxygen atoms in total. The lowest BCUT2D eigenvalue weighted by Gasteiger charge is -2.28. The Morgan fingerprint density at radius 3 is 1.46 bits per heavy atom. The molecule has 0 aliphatic heterocycles. The second-order valence-electron chi connectivity index (χ2n) is 21.0.